The quantitative estimate of drug-likeness (QED) is 0.496. The van der Waals surface area contributed by atoms with Crippen molar-refractivity contribution in [3.8, 4) is 5.75 Å². The normalized spacial score (nSPS) is 14.6. The highest BCUT2D eigenvalue weighted by Gasteiger charge is 2.28. The van der Waals surface area contributed by atoms with Crippen LogP contribution in [0.15, 0.2) is 47.0 Å². The number of piperazine rings is 1. The number of nitrogens with zero attached hydrogens (tertiary/aromatic N) is 3. The third-order valence-electron chi connectivity index (χ3n) is 5.66. The molecule has 1 fully saturated rings. The summed E-state index contributed by atoms with van der Waals surface area (Å²) in [5, 5.41) is 5.36. The molecule has 1 aliphatic heterocycles. The maximum Gasteiger partial charge on any atom is 0.276 e. The van der Waals surface area contributed by atoms with Crippen LogP contribution >= 0.6 is 23.2 Å². The molecular formula is C24H25Cl2N3O3. The van der Waals surface area contributed by atoms with Crippen LogP contribution in [0.25, 0.3) is 0 Å². The lowest BCUT2D eigenvalue weighted by Gasteiger charge is -2.34. The molecule has 0 N–H and O–H groups in total. The molecule has 6 nitrogen and oxygen atoms in total. The molecule has 0 aliphatic carbocycles. The Morgan fingerprint density at radius 3 is 2.41 bits per heavy atom. The minimum absolute atomic E-state index is 0.139. The van der Waals surface area contributed by atoms with Gasteiger partial charge in [-0.15, -0.1) is 0 Å². The van der Waals surface area contributed by atoms with Crippen LogP contribution < -0.4 is 4.74 Å². The van der Waals surface area contributed by atoms with E-state index in [-0.39, 0.29) is 12.5 Å². The fraction of sp³-hybridized carbons (Fsp3) is 0.333. The van der Waals surface area contributed by atoms with Crippen LogP contribution in [0.2, 0.25) is 10.0 Å². The van der Waals surface area contributed by atoms with Gasteiger partial charge in [-0.05, 0) is 43.7 Å². The van der Waals surface area contributed by atoms with Crippen LogP contribution in [0.5, 0.6) is 5.75 Å². The van der Waals surface area contributed by atoms with Crippen LogP contribution in [-0.4, -0.2) is 47.0 Å². The average Bonchev–Trinajstić information content (AvgIpc) is 3.15. The van der Waals surface area contributed by atoms with Gasteiger partial charge in [0.05, 0.1) is 5.56 Å². The first-order chi connectivity index (χ1) is 15.4. The Morgan fingerprint density at radius 1 is 1.03 bits per heavy atom. The molecule has 0 atom stereocenters. The molecular weight excluding hydrogens is 449 g/mol. The number of rotatable bonds is 6. The first-order valence-corrected chi connectivity index (χ1v) is 11.3. The van der Waals surface area contributed by atoms with Crippen molar-refractivity contribution in [2.75, 3.05) is 26.2 Å². The first-order valence-electron chi connectivity index (χ1n) is 10.5. The standard InChI is InChI=1S/C24H25Cl2N3O3/c1-16-5-3-6-18(13-16)31-15-20-17(2)32-27-23(20)24(30)29-11-9-28(10-12-29)14-19-21(25)7-4-8-22(19)26/h3-8,13H,9-12,14-15H2,1-2H3. The first kappa shape index (κ1) is 22.6. The van der Waals surface area contributed by atoms with Gasteiger partial charge < -0.3 is 14.2 Å². The predicted octanol–water partition coefficient (Wildman–Crippen LogP) is 5.14. The largest absolute Gasteiger partial charge is 0.489 e. The van der Waals surface area contributed by atoms with Crippen molar-refractivity contribution in [1.82, 2.24) is 15.0 Å². The van der Waals surface area contributed by atoms with E-state index in [0.717, 1.165) is 30.0 Å². The van der Waals surface area contributed by atoms with Crippen molar-refractivity contribution >= 4 is 29.1 Å². The lowest BCUT2D eigenvalue weighted by Crippen LogP contribution is -2.48. The van der Waals surface area contributed by atoms with Gasteiger partial charge in [0, 0.05) is 48.3 Å². The number of hydrogen-bond donors (Lipinski definition) is 0. The molecule has 1 aromatic heterocycles. The molecule has 0 radical (unpaired) electrons. The summed E-state index contributed by atoms with van der Waals surface area (Å²) < 4.78 is 11.2. The van der Waals surface area contributed by atoms with Crippen molar-refractivity contribution in [3.05, 3.63) is 80.7 Å². The van der Waals surface area contributed by atoms with Gasteiger partial charge in [0.1, 0.15) is 18.1 Å². The molecule has 0 unspecified atom stereocenters. The fourth-order valence-electron chi connectivity index (χ4n) is 3.76. The third kappa shape index (κ3) is 5.09. The minimum atomic E-state index is -0.139. The van der Waals surface area contributed by atoms with Crippen molar-refractivity contribution in [1.29, 1.82) is 0 Å². The Labute approximate surface area is 197 Å². The second-order valence-corrected chi connectivity index (χ2v) is 8.75. The zero-order chi connectivity index (χ0) is 22.7. The zero-order valence-electron chi connectivity index (χ0n) is 18.1. The second-order valence-electron chi connectivity index (χ2n) is 7.94. The molecule has 3 aromatic rings. The summed E-state index contributed by atoms with van der Waals surface area (Å²) in [5.41, 5.74) is 3.02. The highest BCUT2D eigenvalue weighted by atomic mass is 35.5. The summed E-state index contributed by atoms with van der Waals surface area (Å²) in [6.07, 6.45) is 0. The summed E-state index contributed by atoms with van der Waals surface area (Å²) in [7, 11) is 0. The molecule has 0 bridgehead atoms. The Morgan fingerprint density at radius 2 is 1.72 bits per heavy atom. The van der Waals surface area contributed by atoms with Crippen molar-refractivity contribution < 1.29 is 14.1 Å². The van der Waals surface area contributed by atoms with Crippen LogP contribution in [0, 0.1) is 13.8 Å². The van der Waals surface area contributed by atoms with Crippen molar-refractivity contribution in [2.24, 2.45) is 0 Å². The van der Waals surface area contributed by atoms with Gasteiger partial charge >= 0.3 is 0 Å². The number of halogens is 2. The van der Waals surface area contributed by atoms with E-state index in [4.69, 9.17) is 32.5 Å². The van der Waals surface area contributed by atoms with E-state index < -0.39 is 0 Å². The minimum Gasteiger partial charge on any atom is -0.489 e. The smallest absolute Gasteiger partial charge is 0.276 e. The molecule has 1 aliphatic rings. The highest BCUT2D eigenvalue weighted by Crippen LogP contribution is 2.26. The maximum absolute atomic E-state index is 13.2. The van der Waals surface area contributed by atoms with Crippen LogP contribution in [0.1, 0.15) is 32.9 Å². The average molecular weight is 474 g/mol. The summed E-state index contributed by atoms with van der Waals surface area (Å²) in [6.45, 7) is 7.30. The molecule has 8 heteroatoms. The third-order valence-corrected chi connectivity index (χ3v) is 6.37. The molecule has 2 heterocycles. The number of ether oxygens (including phenoxy) is 1. The lowest BCUT2D eigenvalue weighted by molar-refractivity contribution is 0.0616. The fourth-order valence-corrected chi connectivity index (χ4v) is 4.27. The second kappa shape index (κ2) is 9.94. The number of hydrogen-bond acceptors (Lipinski definition) is 5. The Bertz CT molecular complexity index is 1090. The number of amides is 1. The Balaban J connectivity index is 1.38. The van der Waals surface area contributed by atoms with Crippen LogP contribution in [0.4, 0.5) is 0 Å². The van der Waals surface area contributed by atoms with E-state index in [1.807, 2.05) is 49.4 Å². The number of benzene rings is 2. The lowest BCUT2D eigenvalue weighted by atomic mass is 10.1. The van der Waals surface area contributed by atoms with Crippen LogP contribution in [0.3, 0.4) is 0 Å². The predicted molar refractivity (Wildman–Crippen MR) is 124 cm³/mol. The van der Waals surface area contributed by atoms with Gasteiger partial charge in [-0.25, -0.2) is 0 Å². The molecule has 1 saturated heterocycles. The Hall–Kier alpha value is -2.54. The van der Waals surface area contributed by atoms with Crippen molar-refractivity contribution in [3.63, 3.8) is 0 Å². The van der Waals surface area contributed by atoms with E-state index in [2.05, 4.69) is 10.1 Å². The van der Waals surface area contributed by atoms with E-state index in [9.17, 15) is 4.79 Å². The van der Waals surface area contributed by atoms with E-state index in [1.54, 1.807) is 11.8 Å². The van der Waals surface area contributed by atoms with Crippen molar-refractivity contribution in [2.45, 2.75) is 27.0 Å². The topological polar surface area (TPSA) is 58.8 Å². The number of carbonyl (C=O) groups excluding carboxylic acids is 1. The van der Waals surface area contributed by atoms with Gasteiger partial charge in [-0.2, -0.15) is 0 Å². The molecule has 2 aromatic carbocycles. The molecule has 0 saturated carbocycles. The molecule has 4 rings (SSSR count). The molecule has 168 valence electrons. The molecule has 1 amide bonds. The summed E-state index contributed by atoms with van der Waals surface area (Å²) >= 11 is 12.6. The zero-order valence-corrected chi connectivity index (χ0v) is 19.6. The Kier molecular flexibility index (Phi) is 7.04. The summed E-state index contributed by atoms with van der Waals surface area (Å²) in [4.78, 5) is 17.2. The maximum atomic E-state index is 13.2. The highest BCUT2D eigenvalue weighted by molar-refractivity contribution is 6.35. The van der Waals surface area contributed by atoms with Gasteiger partial charge in [0.15, 0.2) is 5.69 Å². The van der Waals surface area contributed by atoms with E-state index >= 15 is 0 Å². The summed E-state index contributed by atoms with van der Waals surface area (Å²) in [5.74, 6) is 1.20. The van der Waals surface area contributed by atoms with Gasteiger partial charge in [-0.3, -0.25) is 9.69 Å². The van der Waals surface area contributed by atoms with Gasteiger partial charge in [0.25, 0.3) is 5.91 Å². The molecule has 32 heavy (non-hydrogen) atoms. The summed E-state index contributed by atoms with van der Waals surface area (Å²) in [6, 6.07) is 13.3. The van der Waals surface area contributed by atoms with E-state index in [0.29, 0.717) is 46.7 Å². The van der Waals surface area contributed by atoms with E-state index in [1.165, 1.54) is 0 Å². The number of aryl methyl sites for hydroxylation is 2. The van der Waals surface area contributed by atoms with Gasteiger partial charge in [-0.1, -0.05) is 46.6 Å². The number of aromatic nitrogens is 1. The van der Waals surface area contributed by atoms with Crippen LogP contribution in [-0.2, 0) is 13.2 Å². The monoisotopic (exact) mass is 473 g/mol. The van der Waals surface area contributed by atoms with Gasteiger partial charge in [0.2, 0.25) is 0 Å². The number of carbonyl (C=O) groups is 1. The molecule has 0 spiro atoms. The SMILES string of the molecule is Cc1cccc(OCc2c(C(=O)N3CCN(Cc4c(Cl)cccc4Cl)CC3)noc2C)c1.